The molecule has 2 N–H and O–H groups in total. The molecule has 1 atom stereocenters. The van der Waals surface area contributed by atoms with E-state index in [-0.39, 0.29) is 18.5 Å². The fraction of sp³-hybridized carbons (Fsp3) is 0.467. The largest absolute Gasteiger partial charge is 0.376 e. The SMILES string of the molecule is CC1CN(Cc2ccc(F)cc2C#CCN)CCO1. The molecule has 4 heteroatoms. The van der Waals surface area contributed by atoms with Gasteiger partial charge in [0, 0.05) is 25.2 Å². The van der Waals surface area contributed by atoms with Crippen LogP contribution in [0.25, 0.3) is 0 Å². The lowest BCUT2D eigenvalue weighted by Gasteiger charge is -2.31. The Morgan fingerprint density at radius 1 is 1.53 bits per heavy atom. The van der Waals surface area contributed by atoms with E-state index >= 15 is 0 Å². The second kappa shape index (κ2) is 6.67. The smallest absolute Gasteiger partial charge is 0.124 e. The zero-order valence-corrected chi connectivity index (χ0v) is 11.2. The van der Waals surface area contributed by atoms with Crippen molar-refractivity contribution in [2.75, 3.05) is 26.2 Å². The van der Waals surface area contributed by atoms with Gasteiger partial charge in [0.05, 0.1) is 19.3 Å². The molecule has 0 saturated carbocycles. The quantitative estimate of drug-likeness (QED) is 0.818. The predicted molar refractivity (Wildman–Crippen MR) is 73.0 cm³/mol. The van der Waals surface area contributed by atoms with Crippen LogP contribution < -0.4 is 5.73 Å². The van der Waals surface area contributed by atoms with Gasteiger partial charge >= 0.3 is 0 Å². The molecule has 1 aromatic rings. The van der Waals surface area contributed by atoms with E-state index in [2.05, 4.69) is 23.7 Å². The highest BCUT2D eigenvalue weighted by atomic mass is 19.1. The highest BCUT2D eigenvalue weighted by molar-refractivity contribution is 5.41. The molecule has 0 amide bonds. The molecule has 0 bridgehead atoms. The third kappa shape index (κ3) is 4.03. The summed E-state index contributed by atoms with van der Waals surface area (Å²) in [4.78, 5) is 2.30. The van der Waals surface area contributed by atoms with Gasteiger partial charge in [-0.2, -0.15) is 0 Å². The van der Waals surface area contributed by atoms with Crippen molar-refractivity contribution in [1.29, 1.82) is 0 Å². The van der Waals surface area contributed by atoms with Crippen LogP contribution in [0.3, 0.4) is 0 Å². The summed E-state index contributed by atoms with van der Waals surface area (Å²) in [7, 11) is 0. The lowest BCUT2D eigenvalue weighted by molar-refractivity contribution is -0.0212. The maximum Gasteiger partial charge on any atom is 0.124 e. The van der Waals surface area contributed by atoms with E-state index in [1.54, 1.807) is 6.07 Å². The van der Waals surface area contributed by atoms with Crippen LogP contribution in [0.2, 0.25) is 0 Å². The molecule has 1 aromatic carbocycles. The van der Waals surface area contributed by atoms with E-state index in [0.29, 0.717) is 0 Å². The molecule has 19 heavy (non-hydrogen) atoms. The first kappa shape index (κ1) is 14.0. The Kier molecular flexibility index (Phi) is 4.92. The minimum absolute atomic E-state index is 0.243. The molecule has 0 aromatic heterocycles. The Balaban J connectivity index is 2.14. The first-order valence-electron chi connectivity index (χ1n) is 6.50. The number of nitrogens with two attached hydrogens (primary N) is 1. The molecule has 102 valence electrons. The van der Waals surface area contributed by atoms with Gasteiger partial charge in [-0.3, -0.25) is 4.90 Å². The van der Waals surface area contributed by atoms with Gasteiger partial charge in [-0.1, -0.05) is 17.9 Å². The number of benzene rings is 1. The molecular formula is C15H19FN2O. The van der Waals surface area contributed by atoms with Crippen LogP contribution in [0.15, 0.2) is 18.2 Å². The lowest BCUT2D eigenvalue weighted by Crippen LogP contribution is -2.40. The summed E-state index contributed by atoms with van der Waals surface area (Å²) in [5.74, 6) is 5.46. The van der Waals surface area contributed by atoms with E-state index in [1.807, 2.05) is 0 Å². The van der Waals surface area contributed by atoms with E-state index in [4.69, 9.17) is 10.5 Å². The summed E-state index contributed by atoms with van der Waals surface area (Å²) in [6.07, 6.45) is 0.243. The molecule has 3 nitrogen and oxygen atoms in total. The van der Waals surface area contributed by atoms with Crippen molar-refractivity contribution >= 4 is 0 Å². The van der Waals surface area contributed by atoms with Crippen molar-refractivity contribution in [3.8, 4) is 11.8 Å². The molecule has 0 spiro atoms. The number of hydrogen-bond acceptors (Lipinski definition) is 3. The summed E-state index contributed by atoms with van der Waals surface area (Å²) in [5.41, 5.74) is 7.14. The van der Waals surface area contributed by atoms with Crippen LogP contribution in [0.4, 0.5) is 4.39 Å². The molecule has 1 unspecified atom stereocenters. The Morgan fingerprint density at radius 2 is 2.37 bits per heavy atom. The molecule has 0 aliphatic carbocycles. The van der Waals surface area contributed by atoms with Crippen molar-refractivity contribution in [1.82, 2.24) is 4.90 Å². The first-order valence-corrected chi connectivity index (χ1v) is 6.50. The van der Waals surface area contributed by atoms with Crippen LogP contribution >= 0.6 is 0 Å². The summed E-state index contributed by atoms with van der Waals surface area (Å²) in [6, 6.07) is 4.75. The van der Waals surface area contributed by atoms with Gasteiger partial charge in [0.25, 0.3) is 0 Å². The fourth-order valence-corrected chi connectivity index (χ4v) is 2.22. The number of hydrogen-bond donors (Lipinski definition) is 1. The highest BCUT2D eigenvalue weighted by Crippen LogP contribution is 2.15. The Bertz CT molecular complexity index is 493. The third-order valence-corrected chi connectivity index (χ3v) is 3.12. The van der Waals surface area contributed by atoms with Crippen LogP contribution in [-0.2, 0) is 11.3 Å². The molecule has 1 aliphatic rings. The number of morpholine rings is 1. The van der Waals surface area contributed by atoms with Crippen LogP contribution in [0, 0.1) is 17.7 Å². The van der Waals surface area contributed by atoms with Gasteiger partial charge in [-0.05, 0) is 24.6 Å². The zero-order chi connectivity index (χ0) is 13.7. The van der Waals surface area contributed by atoms with Crippen molar-refractivity contribution in [3.05, 3.63) is 35.1 Å². The summed E-state index contributed by atoms with van der Waals surface area (Å²) >= 11 is 0. The minimum atomic E-state index is -0.264. The minimum Gasteiger partial charge on any atom is -0.376 e. The molecule has 1 fully saturated rings. The topological polar surface area (TPSA) is 38.5 Å². The zero-order valence-electron chi connectivity index (χ0n) is 11.2. The van der Waals surface area contributed by atoms with Crippen LogP contribution in [0.1, 0.15) is 18.1 Å². The summed E-state index contributed by atoms with van der Waals surface area (Å²) in [6.45, 7) is 5.64. The molecule has 1 aliphatic heterocycles. The van der Waals surface area contributed by atoms with Gasteiger partial charge in [-0.15, -0.1) is 0 Å². The van der Waals surface area contributed by atoms with E-state index in [9.17, 15) is 4.39 Å². The monoisotopic (exact) mass is 262 g/mol. The van der Waals surface area contributed by atoms with Crippen molar-refractivity contribution in [2.45, 2.75) is 19.6 Å². The van der Waals surface area contributed by atoms with Gasteiger partial charge in [-0.25, -0.2) is 4.39 Å². The average molecular weight is 262 g/mol. The maximum atomic E-state index is 13.3. The Morgan fingerprint density at radius 3 is 3.11 bits per heavy atom. The lowest BCUT2D eigenvalue weighted by atomic mass is 10.1. The van der Waals surface area contributed by atoms with Crippen LogP contribution in [0.5, 0.6) is 0 Å². The normalized spacial score (nSPS) is 19.8. The summed E-state index contributed by atoms with van der Waals surface area (Å²) in [5, 5.41) is 0. The maximum absolute atomic E-state index is 13.3. The molecule has 1 saturated heterocycles. The standard InChI is InChI=1S/C15H19FN2O/c1-12-10-18(7-8-19-12)11-14-4-5-15(16)9-13(14)3-2-6-17/h4-5,9,12H,6-8,10-11,17H2,1H3. The van der Waals surface area contributed by atoms with Crippen molar-refractivity contribution < 1.29 is 9.13 Å². The Hall–Kier alpha value is -1.41. The second-order valence-corrected chi connectivity index (χ2v) is 4.72. The highest BCUT2D eigenvalue weighted by Gasteiger charge is 2.17. The first-order chi connectivity index (χ1) is 9.19. The number of halogens is 1. The molecule has 0 radical (unpaired) electrons. The van der Waals surface area contributed by atoms with Gasteiger partial charge < -0.3 is 10.5 Å². The van der Waals surface area contributed by atoms with Crippen LogP contribution in [-0.4, -0.2) is 37.2 Å². The van der Waals surface area contributed by atoms with E-state index in [0.717, 1.165) is 37.4 Å². The number of rotatable bonds is 2. The number of nitrogens with zero attached hydrogens (tertiary/aromatic N) is 1. The predicted octanol–water partition coefficient (Wildman–Crippen LogP) is 1.36. The average Bonchev–Trinajstić information content (AvgIpc) is 2.39. The fourth-order valence-electron chi connectivity index (χ4n) is 2.22. The van der Waals surface area contributed by atoms with E-state index in [1.165, 1.54) is 12.1 Å². The molecular weight excluding hydrogens is 243 g/mol. The van der Waals surface area contributed by atoms with Gasteiger partial charge in [0.1, 0.15) is 5.82 Å². The Labute approximate surface area is 113 Å². The second-order valence-electron chi connectivity index (χ2n) is 4.72. The molecule has 1 heterocycles. The number of ether oxygens (including phenoxy) is 1. The van der Waals surface area contributed by atoms with Crippen molar-refractivity contribution in [2.24, 2.45) is 5.73 Å². The third-order valence-electron chi connectivity index (χ3n) is 3.12. The van der Waals surface area contributed by atoms with E-state index < -0.39 is 0 Å². The van der Waals surface area contributed by atoms with Crippen molar-refractivity contribution in [3.63, 3.8) is 0 Å². The summed E-state index contributed by atoms with van der Waals surface area (Å²) < 4.78 is 18.8. The van der Waals surface area contributed by atoms with Gasteiger partial charge in [0.15, 0.2) is 0 Å². The van der Waals surface area contributed by atoms with Gasteiger partial charge in [0.2, 0.25) is 0 Å². The molecule has 2 rings (SSSR count).